The van der Waals surface area contributed by atoms with Crippen LogP contribution in [0, 0.1) is 0 Å². The monoisotopic (exact) mass is 346 g/mol. The molecule has 0 spiro atoms. The standard InChI is InChI=1S/C22H22N2O2/c25-22(26)15-12-19-8-4-5-9-21(19)24-16-23-20-13-10-18(11-14-20)17-6-2-1-3-7-17/h4-5,8-15,17H,1-3,6-7H2,(H,25,26)/b15-12+. The van der Waals surface area contributed by atoms with Crippen LogP contribution < -0.4 is 0 Å². The number of rotatable bonds is 5. The summed E-state index contributed by atoms with van der Waals surface area (Å²) < 4.78 is 0. The number of hydrogen-bond acceptors (Lipinski definition) is 3. The lowest BCUT2D eigenvalue weighted by atomic mass is 9.84. The largest absolute Gasteiger partial charge is 0.478 e. The van der Waals surface area contributed by atoms with Crippen LogP contribution in [0.3, 0.4) is 0 Å². The Morgan fingerprint density at radius 1 is 1.00 bits per heavy atom. The molecule has 1 saturated carbocycles. The van der Waals surface area contributed by atoms with E-state index in [1.54, 1.807) is 12.1 Å². The minimum Gasteiger partial charge on any atom is -0.478 e. The maximum absolute atomic E-state index is 10.7. The van der Waals surface area contributed by atoms with Crippen LogP contribution in [-0.2, 0) is 4.79 Å². The smallest absolute Gasteiger partial charge is 0.328 e. The van der Waals surface area contributed by atoms with E-state index >= 15 is 0 Å². The van der Waals surface area contributed by atoms with Crippen LogP contribution in [0.15, 0.2) is 64.6 Å². The van der Waals surface area contributed by atoms with E-state index in [1.165, 1.54) is 43.7 Å². The van der Waals surface area contributed by atoms with Crippen molar-refractivity contribution in [1.29, 1.82) is 0 Å². The molecule has 1 fully saturated rings. The summed E-state index contributed by atoms with van der Waals surface area (Å²) in [6, 6.07) is 18.3. The first-order valence-corrected chi connectivity index (χ1v) is 8.99. The summed E-state index contributed by atoms with van der Waals surface area (Å²) in [6.45, 7) is 0. The SMILES string of the molecule is O=C(O)/C=C/c1ccccc1N=C=Nc1ccc(C2CCCCC2)cc1. The fourth-order valence-corrected chi connectivity index (χ4v) is 3.28. The van der Waals surface area contributed by atoms with Crippen molar-refractivity contribution in [2.24, 2.45) is 9.98 Å². The summed E-state index contributed by atoms with van der Waals surface area (Å²) >= 11 is 0. The van der Waals surface area contributed by atoms with Gasteiger partial charge in [-0.15, -0.1) is 0 Å². The van der Waals surface area contributed by atoms with Crippen molar-refractivity contribution >= 4 is 29.4 Å². The van der Waals surface area contributed by atoms with Gasteiger partial charge in [-0.3, -0.25) is 0 Å². The van der Waals surface area contributed by atoms with Gasteiger partial charge in [0.25, 0.3) is 0 Å². The lowest BCUT2D eigenvalue weighted by molar-refractivity contribution is -0.131. The van der Waals surface area contributed by atoms with E-state index in [1.807, 2.05) is 24.3 Å². The third kappa shape index (κ3) is 5.01. The second-order valence-electron chi connectivity index (χ2n) is 6.48. The van der Waals surface area contributed by atoms with Gasteiger partial charge in [-0.1, -0.05) is 49.6 Å². The van der Waals surface area contributed by atoms with Crippen molar-refractivity contribution in [2.45, 2.75) is 38.0 Å². The number of carboxylic acids is 1. The molecule has 1 aliphatic rings. The topological polar surface area (TPSA) is 62.0 Å². The van der Waals surface area contributed by atoms with Crippen molar-refractivity contribution < 1.29 is 9.90 Å². The van der Waals surface area contributed by atoms with Crippen LogP contribution in [0.2, 0.25) is 0 Å². The predicted octanol–water partition coefficient (Wildman–Crippen LogP) is 5.97. The molecule has 4 nitrogen and oxygen atoms in total. The fourth-order valence-electron chi connectivity index (χ4n) is 3.28. The molecule has 0 amide bonds. The number of benzene rings is 2. The van der Waals surface area contributed by atoms with Gasteiger partial charge in [-0.2, -0.15) is 9.98 Å². The average Bonchev–Trinajstić information content (AvgIpc) is 2.68. The quantitative estimate of drug-likeness (QED) is 0.535. The van der Waals surface area contributed by atoms with Crippen molar-refractivity contribution in [3.63, 3.8) is 0 Å². The van der Waals surface area contributed by atoms with Gasteiger partial charge in [-0.25, -0.2) is 4.79 Å². The highest BCUT2D eigenvalue weighted by molar-refractivity contribution is 5.86. The first-order valence-electron chi connectivity index (χ1n) is 8.99. The Hall–Kier alpha value is -2.97. The zero-order chi connectivity index (χ0) is 18.2. The average molecular weight is 346 g/mol. The Bertz CT molecular complexity index is 841. The van der Waals surface area contributed by atoms with Crippen LogP contribution in [0.5, 0.6) is 0 Å². The number of carboxylic acid groups (broad SMARTS) is 1. The Balaban J connectivity index is 1.72. The van der Waals surface area contributed by atoms with Gasteiger partial charge >= 0.3 is 5.97 Å². The van der Waals surface area contributed by atoms with Gasteiger partial charge < -0.3 is 5.11 Å². The molecule has 0 radical (unpaired) electrons. The summed E-state index contributed by atoms with van der Waals surface area (Å²) in [7, 11) is 0. The van der Waals surface area contributed by atoms with Crippen LogP contribution >= 0.6 is 0 Å². The van der Waals surface area contributed by atoms with E-state index in [0.717, 1.165) is 11.8 Å². The van der Waals surface area contributed by atoms with Crippen molar-refractivity contribution in [2.75, 3.05) is 0 Å². The second-order valence-corrected chi connectivity index (χ2v) is 6.48. The number of para-hydroxylation sites is 1. The van der Waals surface area contributed by atoms with Crippen LogP contribution in [0.1, 0.15) is 49.1 Å². The lowest BCUT2D eigenvalue weighted by Crippen LogP contribution is -2.03. The summed E-state index contributed by atoms with van der Waals surface area (Å²) in [6.07, 6.45) is 9.19. The zero-order valence-corrected chi connectivity index (χ0v) is 14.6. The highest BCUT2D eigenvalue weighted by Gasteiger charge is 2.14. The maximum atomic E-state index is 10.7. The number of nitrogens with zero attached hydrogens (tertiary/aromatic N) is 2. The Labute approximate surface area is 153 Å². The van der Waals surface area contributed by atoms with E-state index in [4.69, 9.17) is 5.11 Å². The molecule has 0 heterocycles. The minimum absolute atomic E-state index is 0.632. The molecule has 0 bridgehead atoms. The van der Waals surface area contributed by atoms with E-state index < -0.39 is 5.97 Å². The minimum atomic E-state index is -0.990. The molecular weight excluding hydrogens is 324 g/mol. The molecule has 2 aromatic rings. The number of aliphatic carboxylic acids is 1. The van der Waals surface area contributed by atoms with E-state index in [-0.39, 0.29) is 0 Å². The molecule has 2 aromatic carbocycles. The van der Waals surface area contributed by atoms with Gasteiger partial charge in [0.1, 0.15) is 6.01 Å². The van der Waals surface area contributed by atoms with E-state index in [9.17, 15) is 4.79 Å². The third-order valence-corrected chi connectivity index (χ3v) is 4.66. The van der Waals surface area contributed by atoms with Crippen molar-refractivity contribution in [1.82, 2.24) is 0 Å². The van der Waals surface area contributed by atoms with Crippen LogP contribution in [0.25, 0.3) is 6.08 Å². The van der Waals surface area contributed by atoms with Gasteiger partial charge in [0, 0.05) is 11.6 Å². The summed E-state index contributed by atoms with van der Waals surface area (Å²) in [4.78, 5) is 19.2. The molecule has 1 N–H and O–H groups in total. The lowest BCUT2D eigenvalue weighted by Gasteiger charge is -2.21. The molecule has 0 atom stereocenters. The Kier molecular flexibility index (Phi) is 6.13. The van der Waals surface area contributed by atoms with Crippen LogP contribution in [0.4, 0.5) is 11.4 Å². The number of aliphatic imine (C=N–C) groups is 2. The molecular formula is C22H22N2O2. The Morgan fingerprint density at radius 2 is 1.73 bits per heavy atom. The molecule has 4 heteroatoms. The number of hydrogen-bond donors (Lipinski definition) is 1. The molecule has 0 aromatic heterocycles. The molecule has 3 rings (SSSR count). The van der Waals surface area contributed by atoms with Crippen LogP contribution in [-0.4, -0.2) is 17.1 Å². The normalized spacial score (nSPS) is 14.8. The maximum Gasteiger partial charge on any atom is 0.328 e. The highest BCUT2D eigenvalue weighted by atomic mass is 16.4. The number of carbonyl (C=O) groups is 1. The van der Waals surface area contributed by atoms with Crippen molar-refractivity contribution in [3.8, 4) is 0 Å². The Morgan fingerprint density at radius 3 is 2.46 bits per heavy atom. The molecule has 26 heavy (non-hydrogen) atoms. The molecule has 132 valence electrons. The highest BCUT2D eigenvalue weighted by Crippen LogP contribution is 2.33. The van der Waals surface area contributed by atoms with Gasteiger partial charge in [0.2, 0.25) is 0 Å². The summed E-state index contributed by atoms with van der Waals surface area (Å²) in [5.74, 6) is -0.307. The summed E-state index contributed by atoms with van der Waals surface area (Å²) in [5.41, 5.74) is 3.55. The zero-order valence-electron chi connectivity index (χ0n) is 14.6. The van der Waals surface area contributed by atoms with Gasteiger partial charge in [-0.05, 0) is 48.6 Å². The second kappa shape index (κ2) is 8.93. The van der Waals surface area contributed by atoms with Gasteiger partial charge in [0.05, 0.1) is 11.4 Å². The summed E-state index contributed by atoms with van der Waals surface area (Å²) in [5, 5.41) is 8.76. The predicted molar refractivity (Wildman–Crippen MR) is 105 cm³/mol. The third-order valence-electron chi connectivity index (χ3n) is 4.66. The van der Waals surface area contributed by atoms with Gasteiger partial charge in [0.15, 0.2) is 0 Å². The van der Waals surface area contributed by atoms with Crippen molar-refractivity contribution in [3.05, 3.63) is 65.7 Å². The first-order chi connectivity index (χ1) is 12.7. The first kappa shape index (κ1) is 17.8. The van der Waals surface area contributed by atoms with E-state index in [2.05, 4.69) is 28.1 Å². The molecule has 0 saturated heterocycles. The fraction of sp³-hybridized carbons (Fsp3) is 0.273. The molecule has 0 unspecified atom stereocenters. The molecule has 1 aliphatic carbocycles. The molecule has 0 aliphatic heterocycles. The van der Waals surface area contributed by atoms with E-state index in [0.29, 0.717) is 17.2 Å².